The van der Waals surface area contributed by atoms with Crippen molar-refractivity contribution in [1.29, 1.82) is 0 Å². The Kier molecular flexibility index (Phi) is 5.12. The van der Waals surface area contributed by atoms with E-state index in [0.717, 1.165) is 16.0 Å². The standard InChI is InChI=1S/C17H13Cl2N2OP/c1-22-14-10-11-20-21-17(14)23(15-8-4-2-6-12(15)18)16-9-5-3-7-13(16)19/h2-11H,1H3. The Labute approximate surface area is 146 Å². The third kappa shape index (κ3) is 3.32. The number of hydrogen-bond acceptors (Lipinski definition) is 3. The topological polar surface area (TPSA) is 35.0 Å². The van der Waals surface area contributed by atoms with Gasteiger partial charge in [-0.25, -0.2) is 0 Å². The fourth-order valence-electron chi connectivity index (χ4n) is 2.25. The Hall–Kier alpha value is -1.67. The number of benzene rings is 2. The van der Waals surface area contributed by atoms with E-state index in [2.05, 4.69) is 10.2 Å². The quantitative estimate of drug-likeness (QED) is 0.665. The number of ether oxygens (including phenoxy) is 1. The summed E-state index contributed by atoms with van der Waals surface area (Å²) in [5.74, 6) is 0.672. The minimum Gasteiger partial charge on any atom is -0.494 e. The van der Waals surface area contributed by atoms with Crippen LogP contribution in [0, 0.1) is 0 Å². The monoisotopic (exact) mass is 362 g/mol. The minimum absolute atomic E-state index is 0.672. The average molecular weight is 363 g/mol. The molecule has 0 bridgehead atoms. The predicted molar refractivity (Wildman–Crippen MR) is 97.3 cm³/mol. The summed E-state index contributed by atoms with van der Waals surface area (Å²) in [6, 6.07) is 17.2. The molecule has 0 fully saturated rings. The number of hydrogen-bond donors (Lipinski definition) is 0. The van der Waals surface area contributed by atoms with Crippen molar-refractivity contribution in [2.45, 2.75) is 0 Å². The van der Waals surface area contributed by atoms with Gasteiger partial charge in [-0.2, -0.15) is 5.10 Å². The molecule has 3 nitrogen and oxygen atoms in total. The molecule has 6 heteroatoms. The molecule has 2 aromatic carbocycles. The van der Waals surface area contributed by atoms with Crippen molar-refractivity contribution in [1.82, 2.24) is 10.2 Å². The van der Waals surface area contributed by atoms with Gasteiger partial charge in [0, 0.05) is 34.6 Å². The summed E-state index contributed by atoms with van der Waals surface area (Å²) in [5, 5.41) is 11.6. The first kappa shape index (κ1) is 16.2. The lowest BCUT2D eigenvalue weighted by Crippen LogP contribution is -2.26. The Morgan fingerprint density at radius 1 is 0.870 bits per heavy atom. The SMILES string of the molecule is COc1ccnnc1P(c1ccccc1Cl)c1ccccc1Cl. The highest BCUT2D eigenvalue weighted by Gasteiger charge is 2.25. The van der Waals surface area contributed by atoms with E-state index in [1.54, 1.807) is 19.4 Å². The van der Waals surface area contributed by atoms with Crippen LogP contribution in [0.4, 0.5) is 0 Å². The van der Waals surface area contributed by atoms with Crippen molar-refractivity contribution in [2.24, 2.45) is 0 Å². The van der Waals surface area contributed by atoms with Gasteiger partial charge in [-0.15, -0.1) is 5.10 Å². The average Bonchev–Trinajstić information content (AvgIpc) is 2.59. The van der Waals surface area contributed by atoms with Crippen LogP contribution in [0.3, 0.4) is 0 Å². The van der Waals surface area contributed by atoms with Gasteiger partial charge in [0.1, 0.15) is 11.2 Å². The molecule has 0 atom stereocenters. The summed E-state index contributed by atoms with van der Waals surface area (Å²) < 4.78 is 5.48. The maximum atomic E-state index is 6.45. The smallest absolute Gasteiger partial charge is 0.148 e. The van der Waals surface area contributed by atoms with Crippen LogP contribution in [0.25, 0.3) is 0 Å². The van der Waals surface area contributed by atoms with Crippen LogP contribution in [0.1, 0.15) is 0 Å². The van der Waals surface area contributed by atoms with Crippen LogP contribution < -0.4 is 20.8 Å². The second-order valence-electron chi connectivity index (χ2n) is 4.66. The van der Waals surface area contributed by atoms with Crippen LogP contribution >= 0.6 is 31.1 Å². The number of aromatic nitrogens is 2. The Balaban J connectivity index is 2.27. The molecule has 0 amide bonds. The van der Waals surface area contributed by atoms with Crippen molar-refractivity contribution in [3.8, 4) is 5.75 Å². The van der Waals surface area contributed by atoms with Crippen LogP contribution in [0.2, 0.25) is 10.0 Å². The highest BCUT2D eigenvalue weighted by atomic mass is 35.5. The fourth-order valence-corrected chi connectivity index (χ4v) is 5.32. The lowest BCUT2D eigenvalue weighted by molar-refractivity contribution is 0.416. The Morgan fingerprint density at radius 3 is 1.96 bits per heavy atom. The van der Waals surface area contributed by atoms with Crippen molar-refractivity contribution in [2.75, 3.05) is 7.11 Å². The molecule has 0 aliphatic carbocycles. The largest absolute Gasteiger partial charge is 0.494 e. The van der Waals surface area contributed by atoms with E-state index >= 15 is 0 Å². The number of rotatable bonds is 4. The molecule has 1 heterocycles. The number of nitrogens with zero attached hydrogens (tertiary/aromatic N) is 2. The van der Waals surface area contributed by atoms with Gasteiger partial charge in [0.25, 0.3) is 0 Å². The van der Waals surface area contributed by atoms with Gasteiger partial charge in [-0.3, -0.25) is 0 Å². The van der Waals surface area contributed by atoms with Gasteiger partial charge in [0.05, 0.1) is 13.3 Å². The van der Waals surface area contributed by atoms with E-state index in [1.165, 1.54) is 0 Å². The third-order valence-corrected chi connectivity index (χ3v) is 6.68. The second-order valence-corrected chi connectivity index (χ2v) is 7.53. The van der Waals surface area contributed by atoms with Crippen molar-refractivity contribution in [3.63, 3.8) is 0 Å². The Bertz CT molecular complexity index is 783. The fraction of sp³-hybridized carbons (Fsp3) is 0.0588. The maximum Gasteiger partial charge on any atom is 0.148 e. The van der Waals surface area contributed by atoms with Crippen LogP contribution in [-0.2, 0) is 0 Å². The molecule has 0 aliphatic rings. The summed E-state index contributed by atoms with van der Waals surface area (Å²) in [6.45, 7) is 0. The maximum absolute atomic E-state index is 6.45. The van der Waals surface area contributed by atoms with E-state index < -0.39 is 7.92 Å². The first-order valence-electron chi connectivity index (χ1n) is 6.87. The molecule has 3 aromatic rings. The van der Waals surface area contributed by atoms with Gasteiger partial charge >= 0.3 is 0 Å². The van der Waals surface area contributed by atoms with Gasteiger partial charge in [0.15, 0.2) is 0 Å². The molecule has 0 saturated carbocycles. The lowest BCUT2D eigenvalue weighted by Gasteiger charge is -2.21. The van der Waals surface area contributed by atoms with E-state index in [9.17, 15) is 0 Å². The van der Waals surface area contributed by atoms with Crippen molar-refractivity contribution in [3.05, 3.63) is 70.8 Å². The molecule has 0 unspecified atom stereocenters. The molecule has 0 aliphatic heterocycles. The zero-order chi connectivity index (χ0) is 16.2. The molecule has 0 radical (unpaired) electrons. The van der Waals surface area contributed by atoms with Gasteiger partial charge in [-0.05, 0) is 12.1 Å². The van der Waals surface area contributed by atoms with Crippen molar-refractivity contribution >= 4 is 47.2 Å². The molecule has 0 saturated heterocycles. The number of halogens is 2. The van der Waals surface area contributed by atoms with Crippen LogP contribution in [-0.4, -0.2) is 17.3 Å². The van der Waals surface area contributed by atoms with E-state index in [1.807, 2.05) is 48.5 Å². The first-order chi connectivity index (χ1) is 11.2. The lowest BCUT2D eigenvalue weighted by atomic mass is 10.4. The molecule has 0 spiro atoms. The highest BCUT2D eigenvalue weighted by molar-refractivity contribution is 7.80. The van der Waals surface area contributed by atoms with Gasteiger partial charge in [0.2, 0.25) is 0 Å². The van der Waals surface area contributed by atoms with Gasteiger partial charge in [-0.1, -0.05) is 59.6 Å². The van der Waals surface area contributed by atoms with Crippen molar-refractivity contribution < 1.29 is 4.74 Å². The summed E-state index contributed by atoms with van der Waals surface area (Å²) in [5.41, 5.74) is 0.742. The first-order valence-corrected chi connectivity index (χ1v) is 8.97. The summed E-state index contributed by atoms with van der Waals surface area (Å²) >= 11 is 12.9. The molecule has 3 rings (SSSR count). The predicted octanol–water partition coefficient (Wildman–Crippen LogP) is 3.55. The van der Waals surface area contributed by atoms with E-state index in [0.29, 0.717) is 15.8 Å². The summed E-state index contributed by atoms with van der Waals surface area (Å²) in [6.07, 6.45) is 1.61. The van der Waals surface area contributed by atoms with E-state index in [-0.39, 0.29) is 0 Å². The Morgan fingerprint density at radius 2 is 1.43 bits per heavy atom. The zero-order valence-electron chi connectivity index (χ0n) is 12.3. The zero-order valence-corrected chi connectivity index (χ0v) is 14.7. The van der Waals surface area contributed by atoms with Crippen LogP contribution in [0.15, 0.2) is 60.8 Å². The normalized spacial score (nSPS) is 10.8. The second kappa shape index (κ2) is 7.27. The molecular weight excluding hydrogens is 350 g/mol. The van der Waals surface area contributed by atoms with E-state index in [4.69, 9.17) is 27.9 Å². The molecule has 0 N–H and O–H groups in total. The van der Waals surface area contributed by atoms with Crippen LogP contribution in [0.5, 0.6) is 5.75 Å². The van der Waals surface area contributed by atoms with Gasteiger partial charge < -0.3 is 4.74 Å². The molecule has 23 heavy (non-hydrogen) atoms. The summed E-state index contributed by atoms with van der Waals surface area (Å²) in [7, 11) is 0.542. The summed E-state index contributed by atoms with van der Waals surface area (Å²) in [4.78, 5) is 0. The molecule has 116 valence electrons. The third-order valence-electron chi connectivity index (χ3n) is 3.28. The minimum atomic E-state index is -1.08. The molecule has 1 aromatic heterocycles. The molecular formula is C17H13Cl2N2OP. The number of methoxy groups -OCH3 is 1. The highest BCUT2D eigenvalue weighted by Crippen LogP contribution is 2.39.